The summed E-state index contributed by atoms with van der Waals surface area (Å²) in [6, 6.07) is 9.89. The molecule has 3 heterocycles. The SMILES string of the molecule is Cc1cc(C#N)cc(C)c1Nc1ccnc(NC2CCN(c3cncc(C=O)c3)CC2)n1. The van der Waals surface area contributed by atoms with Gasteiger partial charge in [0.25, 0.3) is 0 Å². The fourth-order valence-corrected chi connectivity index (χ4v) is 4.00. The second-order valence-corrected chi connectivity index (χ2v) is 7.99. The number of piperidine rings is 1. The number of anilines is 4. The van der Waals surface area contributed by atoms with Crippen molar-refractivity contribution in [2.75, 3.05) is 28.6 Å². The molecule has 2 N–H and O–H groups in total. The summed E-state index contributed by atoms with van der Waals surface area (Å²) in [4.78, 5) is 26.4. The maximum absolute atomic E-state index is 11.0. The molecule has 8 heteroatoms. The average molecular weight is 428 g/mol. The van der Waals surface area contributed by atoms with Crippen LogP contribution in [-0.4, -0.2) is 40.4 Å². The number of aldehydes is 1. The van der Waals surface area contributed by atoms with Crippen LogP contribution in [0.2, 0.25) is 0 Å². The van der Waals surface area contributed by atoms with E-state index in [1.165, 1.54) is 0 Å². The van der Waals surface area contributed by atoms with Crippen LogP contribution in [0.15, 0.2) is 42.9 Å². The summed E-state index contributed by atoms with van der Waals surface area (Å²) in [6.45, 7) is 5.68. The summed E-state index contributed by atoms with van der Waals surface area (Å²) in [5, 5.41) is 16.0. The van der Waals surface area contributed by atoms with E-state index < -0.39 is 0 Å². The minimum Gasteiger partial charge on any atom is -0.370 e. The van der Waals surface area contributed by atoms with Gasteiger partial charge in [0.2, 0.25) is 5.95 Å². The highest BCUT2D eigenvalue weighted by Crippen LogP contribution is 2.26. The number of aryl methyl sites for hydroxylation is 2. The number of benzene rings is 1. The van der Waals surface area contributed by atoms with Crippen LogP contribution in [0.1, 0.15) is 39.9 Å². The minimum absolute atomic E-state index is 0.266. The lowest BCUT2D eigenvalue weighted by molar-refractivity contribution is 0.112. The third-order valence-corrected chi connectivity index (χ3v) is 5.64. The first-order chi connectivity index (χ1) is 15.6. The Morgan fingerprint density at radius 1 is 1.16 bits per heavy atom. The van der Waals surface area contributed by atoms with Gasteiger partial charge >= 0.3 is 0 Å². The summed E-state index contributed by atoms with van der Waals surface area (Å²) in [5.41, 5.74) is 5.16. The Morgan fingerprint density at radius 3 is 2.59 bits per heavy atom. The fourth-order valence-electron chi connectivity index (χ4n) is 4.00. The van der Waals surface area contributed by atoms with Crippen LogP contribution in [0.4, 0.5) is 23.1 Å². The van der Waals surface area contributed by atoms with Crippen molar-refractivity contribution in [2.45, 2.75) is 32.7 Å². The van der Waals surface area contributed by atoms with Gasteiger partial charge in [0.15, 0.2) is 6.29 Å². The van der Waals surface area contributed by atoms with Gasteiger partial charge in [-0.1, -0.05) is 0 Å². The smallest absolute Gasteiger partial charge is 0.224 e. The minimum atomic E-state index is 0.266. The van der Waals surface area contributed by atoms with Crippen LogP contribution >= 0.6 is 0 Å². The summed E-state index contributed by atoms with van der Waals surface area (Å²) >= 11 is 0. The maximum atomic E-state index is 11.0. The molecule has 0 saturated carbocycles. The molecule has 1 saturated heterocycles. The van der Waals surface area contributed by atoms with Crippen molar-refractivity contribution in [1.29, 1.82) is 5.26 Å². The lowest BCUT2D eigenvalue weighted by atomic mass is 10.0. The predicted octanol–water partition coefficient (Wildman–Crippen LogP) is 4.00. The van der Waals surface area contributed by atoms with Crippen LogP contribution in [0.3, 0.4) is 0 Å². The third-order valence-electron chi connectivity index (χ3n) is 5.64. The van der Waals surface area contributed by atoms with Crippen LogP contribution in [0, 0.1) is 25.2 Å². The molecule has 4 rings (SSSR count). The molecule has 3 aromatic rings. The Labute approximate surface area is 187 Å². The molecule has 0 spiro atoms. The molecular formula is C24H25N7O. The second kappa shape index (κ2) is 9.43. The Morgan fingerprint density at radius 2 is 1.91 bits per heavy atom. The highest BCUT2D eigenvalue weighted by atomic mass is 16.1. The molecule has 2 aromatic heterocycles. The number of pyridine rings is 1. The maximum Gasteiger partial charge on any atom is 0.224 e. The zero-order valence-electron chi connectivity index (χ0n) is 18.2. The first kappa shape index (κ1) is 21.2. The van der Waals surface area contributed by atoms with Gasteiger partial charge in [0.1, 0.15) is 5.82 Å². The van der Waals surface area contributed by atoms with Crippen LogP contribution in [0.25, 0.3) is 0 Å². The monoisotopic (exact) mass is 427 g/mol. The molecule has 0 bridgehead atoms. The Hall–Kier alpha value is -3.99. The average Bonchev–Trinajstić information content (AvgIpc) is 2.82. The summed E-state index contributed by atoms with van der Waals surface area (Å²) < 4.78 is 0. The molecular weight excluding hydrogens is 402 g/mol. The largest absolute Gasteiger partial charge is 0.370 e. The van der Waals surface area contributed by atoms with Gasteiger partial charge in [-0.15, -0.1) is 0 Å². The number of hydrogen-bond donors (Lipinski definition) is 2. The van der Waals surface area contributed by atoms with Crippen LogP contribution in [-0.2, 0) is 0 Å². The molecule has 0 unspecified atom stereocenters. The number of rotatable bonds is 6. The number of nitrogens with zero attached hydrogens (tertiary/aromatic N) is 5. The van der Waals surface area contributed by atoms with Crippen molar-refractivity contribution in [1.82, 2.24) is 15.0 Å². The van der Waals surface area contributed by atoms with E-state index in [9.17, 15) is 4.79 Å². The van der Waals surface area contributed by atoms with E-state index in [4.69, 9.17) is 5.26 Å². The number of nitrogens with one attached hydrogen (secondary N) is 2. The number of aromatic nitrogens is 3. The lowest BCUT2D eigenvalue weighted by Gasteiger charge is -2.33. The standard InChI is InChI=1S/C24H25N7O/c1-16-9-18(12-25)10-17(2)23(16)29-22-3-6-27-24(30-22)28-20-4-7-31(8-5-20)21-11-19(15-32)13-26-14-21/h3,6,9-11,13-15,20H,4-5,7-8H2,1-2H3,(H2,27,28,29,30). The van der Waals surface area contributed by atoms with E-state index in [-0.39, 0.29) is 6.04 Å². The molecule has 0 aliphatic carbocycles. The quantitative estimate of drug-likeness (QED) is 0.569. The van der Waals surface area contributed by atoms with Gasteiger partial charge in [0, 0.05) is 42.8 Å². The van der Waals surface area contributed by atoms with E-state index in [1.54, 1.807) is 18.6 Å². The second-order valence-electron chi connectivity index (χ2n) is 7.99. The zero-order valence-corrected chi connectivity index (χ0v) is 18.2. The topological polar surface area (TPSA) is 107 Å². The normalized spacial score (nSPS) is 14.0. The Kier molecular flexibility index (Phi) is 6.26. The van der Waals surface area contributed by atoms with Gasteiger partial charge in [-0.2, -0.15) is 10.2 Å². The first-order valence-electron chi connectivity index (χ1n) is 10.6. The Bertz CT molecular complexity index is 1140. The zero-order chi connectivity index (χ0) is 22.5. The number of carbonyl (C=O) groups is 1. The van der Waals surface area contributed by atoms with E-state index in [0.717, 1.165) is 54.7 Å². The highest BCUT2D eigenvalue weighted by Gasteiger charge is 2.20. The highest BCUT2D eigenvalue weighted by molar-refractivity contribution is 5.76. The summed E-state index contributed by atoms with van der Waals surface area (Å²) in [5.74, 6) is 1.29. The molecule has 1 aliphatic heterocycles. The van der Waals surface area contributed by atoms with Crippen LogP contribution < -0.4 is 15.5 Å². The van der Waals surface area contributed by atoms with E-state index in [2.05, 4.69) is 36.6 Å². The van der Waals surface area contributed by atoms with Crippen molar-refractivity contribution in [2.24, 2.45) is 0 Å². The number of carbonyl (C=O) groups excluding carboxylic acids is 1. The van der Waals surface area contributed by atoms with Crippen molar-refractivity contribution in [3.05, 3.63) is 65.1 Å². The molecule has 0 atom stereocenters. The van der Waals surface area contributed by atoms with Gasteiger partial charge in [-0.05, 0) is 62.1 Å². The molecule has 8 nitrogen and oxygen atoms in total. The van der Waals surface area contributed by atoms with Crippen molar-refractivity contribution in [3.63, 3.8) is 0 Å². The number of nitriles is 1. The van der Waals surface area contributed by atoms with Crippen molar-refractivity contribution >= 4 is 29.4 Å². The Balaban J connectivity index is 1.39. The summed E-state index contributed by atoms with van der Waals surface area (Å²) in [7, 11) is 0. The molecule has 1 fully saturated rings. The van der Waals surface area contributed by atoms with Crippen molar-refractivity contribution < 1.29 is 4.79 Å². The van der Waals surface area contributed by atoms with E-state index in [0.29, 0.717) is 22.9 Å². The number of hydrogen-bond acceptors (Lipinski definition) is 8. The summed E-state index contributed by atoms with van der Waals surface area (Å²) in [6.07, 6.45) is 7.79. The van der Waals surface area contributed by atoms with Crippen LogP contribution in [0.5, 0.6) is 0 Å². The lowest BCUT2D eigenvalue weighted by Crippen LogP contribution is -2.39. The molecule has 0 radical (unpaired) electrons. The first-order valence-corrected chi connectivity index (χ1v) is 10.6. The third kappa shape index (κ3) is 4.83. The van der Waals surface area contributed by atoms with Gasteiger partial charge < -0.3 is 15.5 Å². The predicted molar refractivity (Wildman–Crippen MR) is 124 cm³/mol. The van der Waals surface area contributed by atoms with Gasteiger partial charge in [0.05, 0.1) is 23.5 Å². The fraction of sp³-hybridized carbons (Fsp3) is 0.292. The molecule has 1 aromatic carbocycles. The van der Waals surface area contributed by atoms with Gasteiger partial charge in [-0.25, -0.2) is 4.98 Å². The van der Waals surface area contributed by atoms with Crippen molar-refractivity contribution in [3.8, 4) is 6.07 Å². The molecule has 162 valence electrons. The molecule has 32 heavy (non-hydrogen) atoms. The molecule has 0 amide bonds. The van der Waals surface area contributed by atoms with E-state index in [1.807, 2.05) is 38.1 Å². The van der Waals surface area contributed by atoms with E-state index >= 15 is 0 Å². The molecule has 1 aliphatic rings. The van der Waals surface area contributed by atoms with Gasteiger partial charge in [-0.3, -0.25) is 9.78 Å².